The minimum Gasteiger partial charge on any atom is -0.237 e. The predicted molar refractivity (Wildman–Crippen MR) is 56.9 cm³/mol. The summed E-state index contributed by atoms with van der Waals surface area (Å²) in [6, 6.07) is 8.66. The third kappa shape index (κ3) is 2.10. The first-order valence-corrected chi connectivity index (χ1v) is 4.56. The molecule has 15 heavy (non-hydrogen) atoms. The van der Waals surface area contributed by atoms with Gasteiger partial charge in [0.25, 0.3) is 0 Å². The van der Waals surface area contributed by atoms with E-state index in [0.717, 1.165) is 11.3 Å². The van der Waals surface area contributed by atoms with Gasteiger partial charge in [0.15, 0.2) is 5.82 Å². The lowest BCUT2D eigenvalue weighted by Crippen LogP contribution is -1.90. The highest BCUT2D eigenvalue weighted by molar-refractivity contribution is 5.59. The number of aromatic nitrogens is 2. The zero-order valence-electron chi connectivity index (χ0n) is 8.24. The smallest absolute Gasteiger partial charge is 0.159 e. The first-order chi connectivity index (χ1) is 7.29. The van der Waals surface area contributed by atoms with Gasteiger partial charge >= 0.3 is 0 Å². The minimum absolute atomic E-state index is 0.423. The van der Waals surface area contributed by atoms with Crippen LogP contribution >= 0.6 is 0 Å². The number of nitrogens with zero attached hydrogens (tertiary/aromatic N) is 2. The van der Waals surface area contributed by atoms with Crippen molar-refractivity contribution in [3.05, 3.63) is 42.2 Å². The highest BCUT2D eigenvalue weighted by Gasteiger charge is 2.00. The first kappa shape index (κ1) is 9.58. The van der Waals surface area contributed by atoms with Crippen LogP contribution in [0, 0.1) is 6.92 Å². The Bertz CT molecular complexity index is 454. The Morgan fingerprint density at radius 3 is 2.47 bits per heavy atom. The maximum absolute atomic E-state index is 12.0. The summed E-state index contributed by atoms with van der Waals surface area (Å²) < 4.78 is 12.0. The van der Waals surface area contributed by atoms with Gasteiger partial charge in [-0.2, -0.15) is 0 Å². The average molecular weight is 203 g/mol. The summed E-state index contributed by atoms with van der Waals surface area (Å²) in [6.07, 6.45) is 1.71. The number of benzene rings is 1. The molecule has 1 aromatic carbocycles. The molecule has 1 aromatic heterocycles. The Kier molecular flexibility index (Phi) is 2.58. The zero-order valence-corrected chi connectivity index (χ0v) is 8.24. The molecule has 0 amide bonds. The number of nitrogens with one attached hydrogen (secondary N) is 1. The van der Waals surface area contributed by atoms with Crippen molar-refractivity contribution in [3.8, 4) is 11.4 Å². The molecule has 0 atom stereocenters. The summed E-state index contributed by atoms with van der Waals surface area (Å²) in [6.45, 7) is 1.91. The van der Waals surface area contributed by atoms with Crippen molar-refractivity contribution < 1.29 is 4.48 Å². The van der Waals surface area contributed by atoms with Crippen molar-refractivity contribution in [1.29, 1.82) is 0 Å². The van der Waals surface area contributed by atoms with E-state index in [1.807, 2.05) is 13.0 Å². The fourth-order valence-electron chi connectivity index (χ4n) is 1.27. The van der Waals surface area contributed by atoms with E-state index >= 15 is 0 Å². The third-order valence-electron chi connectivity index (χ3n) is 2.05. The first-order valence-electron chi connectivity index (χ1n) is 4.56. The Balaban J connectivity index is 2.37. The minimum atomic E-state index is 0.423. The molecule has 0 radical (unpaired) electrons. The molecule has 0 unspecified atom stereocenters. The van der Waals surface area contributed by atoms with E-state index in [1.165, 1.54) is 0 Å². The summed E-state index contributed by atoms with van der Waals surface area (Å²) >= 11 is 0. The molecule has 0 aliphatic carbocycles. The van der Waals surface area contributed by atoms with Gasteiger partial charge in [-0.15, -0.1) is 4.48 Å². The van der Waals surface area contributed by atoms with E-state index in [-0.39, 0.29) is 0 Å². The molecule has 0 fully saturated rings. The van der Waals surface area contributed by atoms with Gasteiger partial charge in [0.2, 0.25) is 0 Å². The summed E-state index contributed by atoms with van der Waals surface area (Å²) in [5, 5.41) is 0. The third-order valence-corrected chi connectivity index (χ3v) is 2.05. The fourth-order valence-corrected chi connectivity index (χ4v) is 1.27. The number of hydrogen-bond donors (Lipinski definition) is 1. The molecule has 3 nitrogen and oxygen atoms in total. The van der Waals surface area contributed by atoms with Gasteiger partial charge in [-0.1, -0.05) is 0 Å². The largest absolute Gasteiger partial charge is 0.237 e. The van der Waals surface area contributed by atoms with Gasteiger partial charge in [0.1, 0.15) is 0 Å². The Morgan fingerprint density at radius 2 is 1.87 bits per heavy atom. The molecule has 0 saturated heterocycles. The summed E-state index contributed by atoms with van der Waals surface area (Å²) in [5.74, 6) is 0.653. The summed E-state index contributed by atoms with van der Waals surface area (Å²) in [5.41, 5.74) is 3.78. The molecule has 0 spiro atoms. The SMILES string of the molecule is Cc1ccnc(-c2ccc(NF)cc2)n1. The van der Waals surface area contributed by atoms with Crippen LogP contribution in [-0.4, -0.2) is 9.97 Å². The van der Waals surface area contributed by atoms with Crippen molar-refractivity contribution in [2.45, 2.75) is 6.92 Å². The molecular weight excluding hydrogens is 193 g/mol. The lowest BCUT2D eigenvalue weighted by atomic mass is 10.2. The van der Waals surface area contributed by atoms with E-state index in [9.17, 15) is 4.48 Å². The zero-order chi connectivity index (χ0) is 10.7. The van der Waals surface area contributed by atoms with Gasteiger partial charge in [-0.3, -0.25) is 0 Å². The quantitative estimate of drug-likeness (QED) is 0.762. The molecule has 1 heterocycles. The molecule has 4 heteroatoms. The van der Waals surface area contributed by atoms with E-state index in [2.05, 4.69) is 9.97 Å². The monoisotopic (exact) mass is 203 g/mol. The van der Waals surface area contributed by atoms with Crippen molar-refractivity contribution in [2.75, 3.05) is 5.54 Å². The molecule has 1 N–H and O–H groups in total. The second-order valence-electron chi connectivity index (χ2n) is 3.19. The van der Waals surface area contributed by atoms with Crippen LogP contribution in [0.15, 0.2) is 36.5 Å². The molecule has 0 aliphatic rings. The molecule has 0 saturated carbocycles. The van der Waals surface area contributed by atoms with Crippen LogP contribution in [0.4, 0.5) is 10.2 Å². The normalized spacial score (nSPS) is 10.0. The molecule has 0 bridgehead atoms. The molecule has 2 aromatic rings. The number of halogens is 1. The van der Waals surface area contributed by atoms with Crippen molar-refractivity contribution in [1.82, 2.24) is 9.97 Å². The number of rotatable bonds is 2. The standard InChI is InChI=1S/C11H10FN3/c1-8-6-7-13-11(14-8)9-2-4-10(15-12)5-3-9/h2-7,15H,1H3. The fraction of sp³-hybridized carbons (Fsp3) is 0.0909. The topological polar surface area (TPSA) is 37.8 Å². The predicted octanol–water partition coefficient (Wildman–Crippen LogP) is 2.75. The van der Waals surface area contributed by atoms with E-state index in [1.54, 1.807) is 36.0 Å². The maximum atomic E-state index is 12.0. The molecular formula is C11H10FN3. The highest BCUT2D eigenvalue weighted by Crippen LogP contribution is 2.17. The van der Waals surface area contributed by atoms with Gasteiger partial charge in [-0.05, 0) is 37.3 Å². The number of aryl methyl sites for hydroxylation is 1. The summed E-state index contributed by atoms with van der Waals surface area (Å²) in [7, 11) is 0. The van der Waals surface area contributed by atoms with E-state index in [4.69, 9.17) is 0 Å². The van der Waals surface area contributed by atoms with Crippen LogP contribution in [0.25, 0.3) is 11.4 Å². The van der Waals surface area contributed by atoms with Gasteiger partial charge in [0.05, 0.1) is 5.69 Å². The van der Waals surface area contributed by atoms with Crippen LogP contribution in [0.3, 0.4) is 0 Å². The van der Waals surface area contributed by atoms with Crippen LogP contribution in [0.1, 0.15) is 5.69 Å². The number of hydrogen-bond acceptors (Lipinski definition) is 3. The lowest BCUT2D eigenvalue weighted by molar-refractivity contribution is 0.618. The average Bonchev–Trinajstić information content (AvgIpc) is 2.29. The van der Waals surface area contributed by atoms with Crippen LogP contribution in [0.2, 0.25) is 0 Å². The molecule has 0 aliphatic heterocycles. The Hall–Kier alpha value is -1.97. The van der Waals surface area contributed by atoms with Crippen molar-refractivity contribution in [2.24, 2.45) is 0 Å². The maximum Gasteiger partial charge on any atom is 0.159 e. The van der Waals surface area contributed by atoms with Gasteiger partial charge < -0.3 is 0 Å². The molecule has 2 rings (SSSR count). The van der Waals surface area contributed by atoms with Gasteiger partial charge in [-0.25, -0.2) is 15.5 Å². The number of anilines is 1. The van der Waals surface area contributed by atoms with Crippen LogP contribution in [0.5, 0.6) is 0 Å². The van der Waals surface area contributed by atoms with E-state index in [0.29, 0.717) is 11.5 Å². The van der Waals surface area contributed by atoms with Crippen LogP contribution < -0.4 is 5.54 Å². The highest BCUT2D eigenvalue weighted by atomic mass is 19.2. The van der Waals surface area contributed by atoms with Crippen LogP contribution in [-0.2, 0) is 0 Å². The van der Waals surface area contributed by atoms with E-state index < -0.39 is 0 Å². The molecule has 76 valence electrons. The Labute approximate surface area is 86.9 Å². The second-order valence-corrected chi connectivity index (χ2v) is 3.19. The van der Waals surface area contributed by atoms with Crippen molar-refractivity contribution >= 4 is 5.69 Å². The Morgan fingerprint density at radius 1 is 1.13 bits per heavy atom. The second kappa shape index (κ2) is 4.04. The lowest BCUT2D eigenvalue weighted by Gasteiger charge is -2.01. The van der Waals surface area contributed by atoms with Gasteiger partial charge in [0, 0.05) is 17.5 Å². The summed E-state index contributed by atoms with van der Waals surface area (Å²) in [4.78, 5) is 8.41. The van der Waals surface area contributed by atoms with Crippen molar-refractivity contribution in [3.63, 3.8) is 0 Å².